The van der Waals surface area contributed by atoms with E-state index in [1.807, 2.05) is 29.2 Å². The van der Waals surface area contributed by atoms with Crippen molar-refractivity contribution in [2.75, 3.05) is 6.54 Å². The zero-order chi connectivity index (χ0) is 13.9. The van der Waals surface area contributed by atoms with E-state index in [4.69, 9.17) is 11.6 Å². The molecular formula is C16H21ClN2O. The number of carbonyl (C=O) groups is 1. The van der Waals surface area contributed by atoms with Crippen molar-refractivity contribution < 1.29 is 4.79 Å². The lowest BCUT2D eigenvalue weighted by atomic mass is 10.0. The average Bonchev–Trinajstić information content (AvgIpc) is 3.09. The van der Waals surface area contributed by atoms with Gasteiger partial charge in [0.1, 0.15) is 0 Å². The topological polar surface area (TPSA) is 32.3 Å². The molecular weight excluding hydrogens is 272 g/mol. The van der Waals surface area contributed by atoms with Gasteiger partial charge in [0, 0.05) is 17.6 Å². The molecule has 1 saturated heterocycles. The normalized spacial score (nSPS) is 23.2. The summed E-state index contributed by atoms with van der Waals surface area (Å²) in [7, 11) is 0. The van der Waals surface area contributed by atoms with Crippen LogP contribution in [0.5, 0.6) is 0 Å². The van der Waals surface area contributed by atoms with E-state index in [-0.39, 0.29) is 12.1 Å². The number of benzene rings is 1. The molecule has 3 rings (SSSR count). The zero-order valence-corrected chi connectivity index (χ0v) is 12.4. The fourth-order valence-electron chi connectivity index (χ4n) is 3.41. The van der Waals surface area contributed by atoms with Crippen LogP contribution in [0.15, 0.2) is 24.3 Å². The number of nitrogens with one attached hydrogen (secondary N) is 1. The highest BCUT2D eigenvalue weighted by atomic mass is 35.5. The number of carbonyl (C=O) groups excluding carboxylic acids is 1. The lowest BCUT2D eigenvalue weighted by Gasteiger charge is -2.27. The zero-order valence-electron chi connectivity index (χ0n) is 11.6. The molecule has 2 fully saturated rings. The summed E-state index contributed by atoms with van der Waals surface area (Å²) in [5.74, 6) is 0. The number of hydrogen-bond acceptors (Lipinski definition) is 1. The third kappa shape index (κ3) is 2.78. The molecule has 20 heavy (non-hydrogen) atoms. The van der Waals surface area contributed by atoms with Gasteiger partial charge in [0.25, 0.3) is 0 Å². The van der Waals surface area contributed by atoms with Crippen LogP contribution < -0.4 is 5.32 Å². The summed E-state index contributed by atoms with van der Waals surface area (Å²) in [5, 5.41) is 3.95. The highest BCUT2D eigenvalue weighted by Crippen LogP contribution is 2.35. The Morgan fingerprint density at radius 2 is 1.90 bits per heavy atom. The Morgan fingerprint density at radius 3 is 2.65 bits per heavy atom. The van der Waals surface area contributed by atoms with Gasteiger partial charge in [-0.15, -0.1) is 0 Å². The Hall–Kier alpha value is -1.22. The third-order valence-corrected chi connectivity index (χ3v) is 4.80. The molecule has 0 radical (unpaired) electrons. The summed E-state index contributed by atoms with van der Waals surface area (Å²) in [6, 6.07) is 8.45. The van der Waals surface area contributed by atoms with Crippen LogP contribution in [0.25, 0.3) is 0 Å². The van der Waals surface area contributed by atoms with Crippen molar-refractivity contribution in [1.82, 2.24) is 10.2 Å². The van der Waals surface area contributed by atoms with E-state index in [0.717, 1.165) is 42.8 Å². The number of halogens is 1. The van der Waals surface area contributed by atoms with Gasteiger partial charge in [-0.05, 0) is 37.3 Å². The van der Waals surface area contributed by atoms with E-state index < -0.39 is 0 Å². The van der Waals surface area contributed by atoms with Gasteiger partial charge in [0.15, 0.2) is 0 Å². The van der Waals surface area contributed by atoms with Crippen molar-refractivity contribution in [3.63, 3.8) is 0 Å². The molecule has 1 aromatic rings. The lowest BCUT2D eigenvalue weighted by molar-refractivity contribution is 0.189. The van der Waals surface area contributed by atoms with Crippen LogP contribution in [0.3, 0.4) is 0 Å². The molecule has 0 spiro atoms. The minimum Gasteiger partial charge on any atom is -0.335 e. The first-order valence-corrected chi connectivity index (χ1v) is 7.95. The maximum atomic E-state index is 12.5. The van der Waals surface area contributed by atoms with Gasteiger partial charge in [-0.3, -0.25) is 0 Å². The molecule has 108 valence electrons. The Balaban J connectivity index is 1.72. The number of nitrogens with zero attached hydrogens (tertiary/aromatic N) is 1. The standard InChI is InChI=1S/C16H21ClN2O/c17-14-9-4-3-8-13(14)15-10-5-11-19(15)16(20)18-12-6-1-2-7-12/h3-4,8-9,12,15H,1-2,5-7,10-11H2,(H,18,20)/t15-/m1/s1. The van der Waals surface area contributed by atoms with Crippen molar-refractivity contribution in [2.24, 2.45) is 0 Å². The highest BCUT2D eigenvalue weighted by Gasteiger charge is 2.32. The van der Waals surface area contributed by atoms with Gasteiger partial charge in [0.05, 0.1) is 6.04 Å². The first kappa shape index (κ1) is 13.7. The second-order valence-electron chi connectivity index (χ2n) is 5.80. The second-order valence-corrected chi connectivity index (χ2v) is 6.21. The maximum Gasteiger partial charge on any atom is 0.318 e. The molecule has 1 aliphatic heterocycles. The molecule has 2 amide bonds. The number of rotatable bonds is 2. The van der Waals surface area contributed by atoms with E-state index in [1.54, 1.807) is 0 Å². The van der Waals surface area contributed by atoms with E-state index in [1.165, 1.54) is 12.8 Å². The van der Waals surface area contributed by atoms with Crippen molar-refractivity contribution in [2.45, 2.75) is 50.6 Å². The van der Waals surface area contributed by atoms with Gasteiger partial charge < -0.3 is 10.2 Å². The molecule has 1 N–H and O–H groups in total. The average molecular weight is 293 g/mol. The van der Waals surface area contributed by atoms with E-state index >= 15 is 0 Å². The number of likely N-dealkylation sites (tertiary alicyclic amines) is 1. The van der Waals surface area contributed by atoms with Gasteiger partial charge in [-0.25, -0.2) is 4.79 Å². The maximum absolute atomic E-state index is 12.5. The summed E-state index contributed by atoms with van der Waals surface area (Å²) < 4.78 is 0. The Bertz CT molecular complexity index is 485. The van der Waals surface area contributed by atoms with Crippen LogP contribution in [-0.2, 0) is 0 Å². The molecule has 0 aromatic heterocycles. The second kappa shape index (κ2) is 6.04. The van der Waals surface area contributed by atoms with Gasteiger partial charge >= 0.3 is 6.03 Å². The minimum absolute atomic E-state index is 0.0827. The predicted molar refractivity (Wildman–Crippen MR) is 80.9 cm³/mol. The summed E-state index contributed by atoms with van der Waals surface area (Å²) in [6.45, 7) is 0.828. The molecule has 4 heteroatoms. The summed E-state index contributed by atoms with van der Waals surface area (Å²) in [4.78, 5) is 14.4. The van der Waals surface area contributed by atoms with Crippen LogP contribution in [0.2, 0.25) is 5.02 Å². The monoisotopic (exact) mass is 292 g/mol. The quantitative estimate of drug-likeness (QED) is 0.873. The number of urea groups is 1. The molecule has 1 heterocycles. The molecule has 3 nitrogen and oxygen atoms in total. The molecule has 0 bridgehead atoms. The largest absolute Gasteiger partial charge is 0.335 e. The molecule has 1 aliphatic carbocycles. The van der Waals surface area contributed by atoms with Gasteiger partial charge in [0.2, 0.25) is 0 Å². The van der Waals surface area contributed by atoms with Crippen molar-refractivity contribution in [1.29, 1.82) is 0 Å². The molecule has 2 aliphatic rings. The van der Waals surface area contributed by atoms with Crippen molar-refractivity contribution in [3.8, 4) is 0 Å². The lowest BCUT2D eigenvalue weighted by Crippen LogP contribution is -2.43. The highest BCUT2D eigenvalue weighted by molar-refractivity contribution is 6.31. The van der Waals surface area contributed by atoms with Crippen LogP contribution in [0.1, 0.15) is 50.1 Å². The summed E-state index contributed by atoms with van der Waals surface area (Å²) >= 11 is 6.29. The van der Waals surface area contributed by atoms with E-state index in [2.05, 4.69) is 5.32 Å². The minimum atomic E-state index is 0.0827. The van der Waals surface area contributed by atoms with Crippen molar-refractivity contribution in [3.05, 3.63) is 34.9 Å². The third-order valence-electron chi connectivity index (χ3n) is 4.46. The molecule has 0 unspecified atom stereocenters. The first-order chi connectivity index (χ1) is 9.75. The summed E-state index contributed by atoms with van der Waals surface area (Å²) in [5.41, 5.74) is 1.08. The van der Waals surface area contributed by atoms with Gasteiger partial charge in [-0.1, -0.05) is 42.6 Å². The van der Waals surface area contributed by atoms with Crippen molar-refractivity contribution >= 4 is 17.6 Å². The van der Waals surface area contributed by atoms with Crippen LogP contribution in [-0.4, -0.2) is 23.5 Å². The van der Waals surface area contributed by atoms with Crippen LogP contribution in [0, 0.1) is 0 Å². The number of hydrogen-bond donors (Lipinski definition) is 1. The first-order valence-electron chi connectivity index (χ1n) is 7.57. The predicted octanol–water partition coefficient (Wildman–Crippen LogP) is 4.13. The van der Waals surface area contributed by atoms with E-state index in [0.29, 0.717) is 6.04 Å². The fourth-order valence-corrected chi connectivity index (χ4v) is 3.67. The molecule has 1 saturated carbocycles. The number of amides is 2. The fraction of sp³-hybridized carbons (Fsp3) is 0.562. The Kier molecular flexibility index (Phi) is 4.16. The van der Waals surface area contributed by atoms with Gasteiger partial charge in [-0.2, -0.15) is 0 Å². The molecule has 1 atom stereocenters. The summed E-state index contributed by atoms with van der Waals surface area (Å²) in [6.07, 6.45) is 6.76. The SMILES string of the molecule is O=C(NC1CCCC1)N1CCC[C@@H]1c1ccccc1Cl. The Morgan fingerprint density at radius 1 is 1.15 bits per heavy atom. The van der Waals surface area contributed by atoms with E-state index in [9.17, 15) is 4.79 Å². The Labute approximate surface area is 125 Å². The molecule has 1 aromatic carbocycles. The van der Waals surface area contributed by atoms with Crippen LogP contribution >= 0.6 is 11.6 Å². The smallest absolute Gasteiger partial charge is 0.318 e. The van der Waals surface area contributed by atoms with Crippen LogP contribution in [0.4, 0.5) is 4.79 Å².